The van der Waals surface area contributed by atoms with E-state index in [1.807, 2.05) is 6.20 Å². The summed E-state index contributed by atoms with van der Waals surface area (Å²) in [6, 6.07) is 2.65. The number of thiophene rings is 1. The predicted octanol–water partition coefficient (Wildman–Crippen LogP) is 2.88. The van der Waals surface area contributed by atoms with Crippen LogP contribution in [-0.4, -0.2) is 21.4 Å². The smallest absolute Gasteiger partial charge is 0.0758 e. The van der Waals surface area contributed by atoms with Crippen LogP contribution in [0.25, 0.3) is 0 Å². The zero-order chi connectivity index (χ0) is 11.5. The molecule has 1 atom stereocenters. The van der Waals surface area contributed by atoms with Gasteiger partial charge in [0.1, 0.15) is 0 Å². The Hall–Kier alpha value is -1.26. The van der Waals surface area contributed by atoms with E-state index in [4.69, 9.17) is 0 Å². The van der Waals surface area contributed by atoms with Gasteiger partial charge in [-0.15, -0.1) is 0 Å². The molecule has 88 valence electrons. The van der Waals surface area contributed by atoms with E-state index in [1.54, 1.807) is 23.7 Å². The summed E-state index contributed by atoms with van der Waals surface area (Å²) in [5.74, 6) is 0. The summed E-state index contributed by atoms with van der Waals surface area (Å²) in [7, 11) is 0. The predicted molar refractivity (Wildman–Crippen MR) is 68.7 cm³/mol. The van der Waals surface area contributed by atoms with Gasteiger partial charge in [-0.05, 0) is 41.8 Å². The maximum atomic E-state index is 4.44. The molecular weight excluding hydrogens is 230 g/mol. The summed E-state index contributed by atoms with van der Waals surface area (Å²) in [6.45, 7) is 2.20. The molecule has 1 saturated heterocycles. The maximum absolute atomic E-state index is 4.44. The minimum absolute atomic E-state index is 0.448. The first kappa shape index (κ1) is 10.9. The average Bonchev–Trinajstić information content (AvgIpc) is 3.02. The van der Waals surface area contributed by atoms with Gasteiger partial charge in [-0.1, -0.05) is 0 Å². The van der Waals surface area contributed by atoms with Crippen LogP contribution >= 0.6 is 11.3 Å². The molecule has 1 aliphatic rings. The third kappa shape index (κ3) is 2.37. The van der Waals surface area contributed by atoms with Crippen molar-refractivity contribution < 1.29 is 0 Å². The van der Waals surface area contributed by atoms with Crippen LogP contribution in [0, 0.1) is 0 Å². The third-order valence-corrected chi connectivity index (χ3v) is 3.99. The molecule has 2 aromatic heterocycles. The Balaban J connectivity index is 1.76. The molecule has 0 unspecified atom stereocenters. The van der Waals surface area contributed by atoms with E-state index in [9.17, 15) is 0 Å². The zero-order valence-electron chi connectivity index (χ0n) is 9.62. The van der Waals surface area contributed by atoms with Crippen molar-refractivity contribution in [2.24, 2.45) is 0 Å². The van der Waals surface area contributed by atoms with Crippen LogP contribution in [0.5, 0.6) is 0 Å². The fourth-order valence-corrected chi connectivity index (χ4v) is 3.11. The molecule has 0 saturated carbocycles. The van der Waals surface area contributed by atoms with Crippen LogP contribution in [0.3, 0.4) is 0 Å². The number of nitrogens with zero attached hydrogens (tertiary/aromatic N) is 3. The molecule has 3 rings (SSSR count). The Labute approximate surface area is 105 Å². The van der Waals surface area contributed by atoms with Gasteiger partial charge < -0.3 is 0 Å². The van der Waals surface area contributed by atoms with Crippen LogP contribution in [-0.2, 0) is 6.54 Å². The Morgan fingerprint density at radius 3 is 3.18 bits per heavy atom. The van der Waals surface area contributed by atoms with Gasteiger partial charge in [-0.2, -0.15) is 11.3 Å². The summed E-state index contributed by atoms with van der Waals surface area (Å²) in [5, 5.41) is 4.37. The molecule has 2 aromatic rings. The lowest BCUT2D eigenvalue weighted by atomic mass is 10.1. The molecule has 0 bridgehead atoms. The molecule has 3 nitrogen and oxygen atoms in total. The van der Waals surface area contributed by atoms with Gasteiger partial charge in [-0.3, -0.25) is 14.9 Å². The van der Waals surface area contributed by atoms with Crippen molar-refractivity contribution in [2.75, 3.05) is 6.54 Å². The van der Waals surface area contributed by atoms with Gasteiger partial charge in [0.05, 0.1) is 11.7 Å². The molecule has 0 N–H and O–H groups in total. The fourth-order valence-electron chi connectivity index (χ4n) is 2.45. The van der Waals surface area contributed by atoms with Gasteiger partial charge in [0, 0.05) is 25.1 Å². The molecule has 0 aromatic carbocycles. The second-order valence-corrected chi connectivity index (χ2v) is 5.17. The van der Waals surface area contributed by atoms with Crippen molar-refractivity contribution in [2.45, 2.75) is 25.4 Å². The Bertz CT molecular complexity index is 455. The summed E-state index contributed by atoms with van der Waals surface area (Å²) in [4.78, 5) is 11.1. The van der Waals surface area contributed by atoms with Gasteiger partial charge >= 0.3 is 0 Å². The minimum Gasteiger partial charge on any atom is -0.290 e. The number of likely N-dealkylation sites (tertiary alicyclic amines) is 1. The maximum Gasteiger partial charge on any atom is 0.0758 e. The number of aromatic nitrogens is 2. The van der Waals surface area contributed by atoms with Gasteiger partial charge in [0.2, 0.25) is 0 Å². The molecule has 17 heavy (non-hydrogen) atoms. The topological polar surface area (TPSA) is 29.0 Å². The lowest BCUT2D eigenvalue weighted by Crippen LogP contribution is -2.23. The lowest BCUT2D eigenvalue weighted by molar-refractivity contribution is 0.244. The quantitative estimate of drug-likeness (QED) is 0.832. The number of rotatable bonds is 3. The molecule has 0 aliphatic carbocycles. The highest BCUT2D eigenvalue weighted by Crippen LogP contribution is 2.31. The van der Waals surface area contributed by atoms with Crippen molar-refractivity contribution in [3.05, 3.63) is 46.7 Å². The highest BCUT2D eigenvalue weighted by molar-refractivity contribution is 7.07. The first-order valence-electron chi connectivity index (χ1n) is 5.94. The van der Waals surface area contributed by atoms with E-state index >= 15 is 0 Å². The minimum atomic E-state index is 0.448. The second kappa shape index (κ2) is 4.94. The average molecular weight is 245 g/mol. The van der Waals surface area contributed by atoms with Crippen molar-refractivity contribution in [1.82, 2.24) is 14.9 Å². The van der Waals surface area contributed by atoms with E-state index in [-0.39, 0.29) is 0 Å². The monoisotopic (exact) mass is 245 g/mol. The summed E-state index contributed by atoms with van der Waals surface area (Å²) in [5.41, 5.74) is 2.52. The van der Waals surface area contributed by atoms with E-state index < -0.39 is 0 Å². The molecular formula is C13H15N3S. The Morgan fingerprint density at radius 1 is 1.41 bits per heavy atom. The highest BCUT2D eigenvalue weighted by Gasteiger charge is 2.26. The van der Waals surface area contributed by atoms with Crippen LogP contribution in [0.15, 0.2) is 35.4 Å². The number of hydrogen-bond acceptors (Lipinski definition) is 4. The Morgan fingerprint density at radius 2 is 2.41 bits per heavy atom. The standard InChI is InChI=1S/C13H15N3S/c1-2-13(12-8-14-4-5-15-12)16(6-1)9-11-3-7-17-10-11/h3-5,7-8,10,13H,1-2,6,9H2/t13-/m0/s1. The summed E-state index contributed by atoms with van der Waals surface area (Å²) >= 11 is 1.77. The van der Waals surface area contributed by atoms with Crippen LogP contribution in [0.2, 0.25) is 0 Å². The van der Waals surface area contributed by atoms with Crippen molar-refractivity contribution in [3.63, 3.8) is 0 Å². The normalized spacial score (nSPS) is 20.8. The van der Waals surface area contributed by atoms with Gasteiger partial charge in [0.25, 0.3) is 0 Å². The largest absolute Gasteiger partial charge is 0.290 e. The van der Waals surface area contributed by atoms with E-state index in [0.29, 0.717) is 6.04 Å². The van der Waals surface area contributed by atoms with Crippen LogP contribution in [0.1, 0.15) is 30.1 Å². The van der Waals surface area contributed by atoms with Crippen molar-refractivity contribution in [1.29, 1.82) is 0 Å². The first-order valence-corrected chi connectivity index (χ1v) is 6.89. The SMILES string of the molecule is c1cnc([C@@H]2CCCN2Cc2ccsc2)cn1. The van der Waals surface area contributed by atoms with E-state index in [0.717, 1.165) is 18.8 Å². The van der Waals surface area contributed by atoms with E-state index in [2.05, 4.69) is 31.7 Å². The van der Waals surface area contributed by atoms with Gasteiger partial charge in [-0.25, -0.2) is 0 Å². The molecule has 3 heterocycles. The van der Waals surface area contributed by atoms with Crippen LogP contribution in [0.4, 0.5) is 0 Å². The lowest BCUT2D eigenvalue weighted by Gasteiger charge is -2.23. The molecule has 0 radical (unpaired) electrons. The zero-order valence-corrected chi connectivity index (χ0v) is 10.4. The molecule has 1 fully saturated rings. The fraction of sp³-hybridized carbons (Fsp3) is 0.385. The first-order chi connectivity index (χ1) is 8.43. The summed E-state index contributed by atoms with van der Waals surface area (Å²) in [6.07, 6.45) is 7.88. The molecule has 1 aliphatic heterocycles. The van der Waals surface area contributed by atoms with Crippen molar-refractivity contribution >= 4 is 11.3 Å². The molecule has 0 amide bonds. The van der Waals surface area contributed by atoms with Gasteiger partial charge in [0.15, 0.2) is 0 Å². The van der Waals surface area contributed by atoms with Crippen molar-refractivity contribution in [3.8, 4) is 0 Å². The molecule has 0 spiro atoms. The third-order valence-electron chi connectivity index (χ3n) is 3.25. The second-order valence-electron chi connectivity index (χ2n) is 4.39. The summed E-state index contributed by atoms with van der Waals surface area (Å²) < 4.78 is 0. The Kier molecular flexibility index (Phi) is 3.16. The van der Waals surface area contributed by atoms with Crippen LogP contribution < -0.4 is 0 Å². The van der Waals surface area contributed by atoms with E-state index in [1.165, 1.54) is 18.4 Å². The molecule has 4 heteroatoms. The highest BCUT2D eigenvalue weighted by atomic mass is 32.1. The number of hydrogen-bond donors (Lipinski definition) is 0.